The van der Waals surface area contributed by atoms with Crippen molar-refractivity contribution in [2.75, 3.05) is 0 Å². The van der Waals surface area contributed by atoms with E-state index in [0.717, 1.165) is 12.8 Å². The second-order valence-corrected chi connectivity index (χ2v) is 6.46. The summed E-state index contributed by atoms with van der Waals surface area (Å²) in [7, 11) is 0. The summed E-state index contributed by atoms with van der Waals surface area (Å²) >= 11 is 0. The predicted octanol–water partition coefficient (Wildman–Crippen LogP) is 3.80. The van der Waals surface area contributed by atoms with Crippen LogP contribution in [0.15, 0.2) is 30.3 Å². The molecule has 1 aliphatic rings. The molecule has 1 aliphatic heterocycles. The third-order valence-electron chi connectivity index (χ3n) is 3.74. The maximum Gasteiger partial charge on any atom is 0.335 e. The van der Waals surface area contributed by atoms with Crippen molar-refractivity contribution in [3.05, 3.63) is 35.9 Å². The van der Waals surface area contributed by atoms with Crippen molar-refractivity contribution in [1.82, 2.24) is 5.06 Å². The van der Waals surface area contributed by atoms with Crippen LogP contribution in [0.3, 0.4) is 0 Å². The van der Waals surface area contributed by atoms with Crippen molar-refractivity contribution >= 4 is 5.97 Å². The zero-order valence-corrected chi connectivity index (χ0v) is 12.8. The Morgan fingerprint density at radius 1 is 1.05 bits per heavy atom. The summed E-state index contributed by atoms with van der Waals surface area (Å²) in [5.74, 6) is -0.879. The third kappa shape index (κ3) is 4.32. The van der Waals surface area contributed by atoms with Crippen LogP contribution < -0.4 is 0 Å². The van der Waals surface area contributed by atoms with Crippen LogP contribution in [0.25, 0.3) is 0 Å². The van der Waals surface area contributed by atoms with Crippen LogP contribution in [0.2, 0.25) is 0 Å². The monoisotopic (exact) mass is 279 g/mol. The standard InChI is InChI=1S/C9H19NO.C7H6O2/c1-8(2)6-5-7-9(3,4)10(8)11;8-7(9)6-4-2-1-3-5-6/h11H,5-7H2,1-4H3;1-5H,(H,8,9). The molecule has 4 heteroatoms. The van der Waals surface area contributed by atoms with E-state index >= 15 is 0 Å². The van der Waals surface area contributed by atoms with E-state index in [-0.39, 0.29) is 11.1 Å². The Balaban J connectivity index is 0.000000204. The Labute approximate surface area is 121 Å². The lowest BCUT2D eigenvalue weighted by Gasteiger charge is -2.48. The number of aromatic carboxylic acids is 1. The molecule has 1 aromatic carbocycles. The number of hydrogen-bond acceptors (Lipinski definition) is 3. The van der Waals surface area contributed by atoms with Crippen molar-refractivity contribution < 1.29 is 15.1 Å². The van der Waals surface area contributed by atoms with Crippen molar-refractivity contribution in [3.63, 3.8) is 0 Å². The van der Waals surface area contributed by atoms with Gasteiger partial charge in [-0.05, 0) is 59.1 Å². The Kier molecular flexibility index (Phi) is 5.31. The summed E-state index contributed by atoms with van der Waals surface area (Å²) in [5, 5.41) is 19.7. The van der Waals surface area contributed by atoms with Gasteiger partial charge in [0.2, 0.25) is 0 Å². The van der Waals surface area contributed by atoms with Gasteiger partial charge < -0.3 is 10.3 Å². The van der Waals surface area contributed by atoms with Crippen LogP contribution in [0.1, 0.15) is 57.3 Å². The quantitative estimate of drug-likeness (QED) is 0.820. The summed E-state index contributed by atoms with van der Waals surface area (Å²) in [6.07, 6.45) is 3.40. The molecule has 1 aromatic rings. The second kappa shape index (κ2) is 6.37. The van der Waals surface area contributed by atoms with E-state index in [9.17, 15) is 10.0 Å². The number of hydrogen-bond donors (Lipinski definition) is 2. The smallest absolute Gasteiger partial charge is 0.335 e. The molecule has 20 heavy (non-hydrogen) atoms. The molecule has 1 saturated heterocycles. The summed E-state index contributed by atoms with van der Waals surface area (Å²) < 4.78 is 0. The van der Waals surface area contributed by atoms with E-state index in [2.05, 4.69) is 27.7 Å². The molecule has 0 atom stereocenters. The molecule has 0 aliphatic carbocycles. The Morgan fingerprint density at radius 2 is 1.50 bits per heavy atom. The van der Waals surface area contributed by atoms with Gasteiger partial charge >= 0.3 is 5.97 Å². The predicted molar refractivity (Wildman–Crippen MR) is 79.0 cm³/mol. The summed E-state index contributed by atoms with van der Waals surface area (Å²) in [5.41, 5.74) is 0.251. The molecule has 0 unspecified atom stereocenters. The van der Waals surface area contributed by atoms with Gasteiger partial charge in [-0.2, -0.15) is 5.06 Å². The molecule has 2 N–H and O–H groups in total. The van der Waals surface area contributed by atoms with Gasteiger partial charge in [-0.15, -0.1) is 0 Å². The highest BCUT2D eigenvalue weighted by molar-refractivity contribution is 5.87. The average molecular weight is 279 g/mol. The lowest BCUT2D eigenvalue weighted by molar-refractivity contribution is -0.241. The van der Waals surface area contributed by atoms with Crippen LogP contribution in [-0.2, 0) is 0 Å². The molecule has 1 fully saturated rings. The first-order chi connectivity index (χ1) is 9.17. The number of carboxylic acids is 1. The van der Waals surface area contributed by atoms with Gasteiger partial charge in [0.1, 0.15) is 0 Å². The molecule has 4 nitrogen and oxygen atoms in total. The van der Waals surface area contributed by atoms with E-state index < -0.39 is 5.97 Å². The minimum atomic E-state index is -0.879. The number of rotatable bonds is 1. The SMILES string of the molecule is CC1(C)CCCC(C)(C)N1O.O=C(O)c1ccccc1. The highest BCUT2D eigenvalue weighted by atomic mass is 16.5. The Bertz CT molecular complexity index is 424. The molecule has 1 heterocycles. The number of piperidine rings is 1. The van der Waals surface area contributed by atoms with Gasteiger partial charge in [0.05, 0.1) is 5.56 Å². The molecule has 0 spiro atoms. The molecule has 2 rings (SSSR count). The molecule has 0 bridgehead atoms. The average Bonchev–Trinajstić information content (AvgIpc) is 2.37. The van der Waals surface area contributed by atoms with E-state index in [1.54, 1.807) is 30.3 Å². The van der Waals surface area contributed by atoms with E-state index in [1.165, 1.54) is 11.5 Å². The van der Waals surface area contributed by atoms with Crippen LogP contribution in [-0.4, -0.2) is 32.4 Å². The molecule has 0 saturated carbocycles. The fraction of sp³-hybridized carbons (Fsp3) is 0.562. The lowest BCUT2D eigenvalue weighted by atomic mass is 9.82. The fourth-order valence-corrected chi connectivity index (χ4v) is 2.57. The van der Waals surface area contributed by atoms with Crippen molar-refractivity contribution in [2.45, 2.75) is 58.0 Å². The van der Waals surface area contributed by atoms with E-state index in [0.29, 0.717) is 5.56 Å². The number of nitrogens with zero attached hydrogens (tertiary/aromatic N) is 1. The number of benzene rings is 1. The third-order valence-corrected chi connectivity index (χ3v) is 3.74. The van der Waals surface area contributed by atoms with Crippen molar-refractivity contribution in [1.29, 1.82) is 0 Å². The highest BCUT2D eigenvalue weighted by Crippen LogP contribution is 2.35. The van der Waals surface area contributed by atoms with E-state index in [1.807, 2.05) is 0 Å². The topological polar surface area (TPSA) is 60.8 Å². The van der Waals surface area contributed by atoms with Gasteiger partial charge in [-0.3, -0.25) is 0 Å². The first-order valence-electron chi connectivity index (χ1n) is 6.94. The molecule has 0 amide bonds. The first-order valence-corrected chi connectivity index (χ1v) is 6.94. The number of hydroxylamine groups is 2. The van der Waals surface area contributed by atoms with E-state index in [4.69, 9.17) is 5.11 Å². The zero-order valence-electron chi connectivity index (χ0n) is 12.8. The number of carboxylic acid groups (broad SMARTS) is 1. The van der Waals surface area contributed by atoms with Crippen LogP contribution in [0, 0.1) is 0 Å². The highest BCUT2D eigenvalue weighted by Gasteiger charge is 2.40. The van der Waals surface area contributed by atoms with Crippen LogP contribution in [0.5, 0.6) is 0 Å². The summed E-state index contributed by atoms with van der Waals surface area (Å²) in [4.78, 5) is 10.2. The van der Waals surface area contributed by atoms with Crippen LogP contribution in [0.4, 0.5) is 0 Å². The molecule has 0 aromatic heterocycles. The molecule has 112 valence electrons. The zero-order chi connectivity index (χ0) is 15.4. The molecule has 0 radical (unpaired) electrons. The second-order valence-electron chi connectivity index (χ2n) is 6.46. The summed E-state index contributed by atoms with van der Waals surface area (Å²) in [6, 6.07) is 8.30. The largest absolute Gasteiger partial charge is 0.478 e. The Hall–Kier alpha value is -1.39. The van der Waals surface area contributed by atoms with Gasteiger partial charge in [0.25, 0.3) is 0 Å². The van der Waals surface area contributed by atoms with Gasteiger partial charge in [0, 0.05) is 11.1 Å². The Morgan fingerprint density at radius 3 is 1.80 bits per heavy atom. The molecular weight excluding hydrogens is 254 g/mol. The normalized spacial score (nSPS) is 20.6. The molecular formula is C16H25NO3. The first kappa shape index (κ1) is 16.7. The van der Waals surface area contributed by atoms with Crippen molar-refractivity contribution in [3.8, 4) is 0 Å². The lowest BCUT2D eigenvalue weighted by Crippen LogP contribution is -2.56. The minimum absolute atomic E-state index is 0.0399. The van der Waals surface area contributed by atoms with Gasteiger partial charge in [-0.25, -0.2) is 4.79 Å². The maximum atomic E-state index is 10.2. The van der Waals surface area contributed by atoms with Gasteiger partial charge in [0.15, 0.2) is 0 Å². The maximum absolute atomic E-state index is 10.2. The summed E-state index contributed by atoms with van der Waals surface area (Å²) in [6.45, 7) is 8.36. The minimum Gasteiger partial charge on any atom is -0.478 e. The number of carbonyl (C=O) groups is 1. The van der Waals surface area contributed by atoms with Crippen LogP contribution >= 0.6 is 0 Å². The fourth-order valence-electron chi connectivity index (χ4n) is 2.57. The van der Waals surface area contributed by atoms with Gasteiger partial charge in [-0.1, -0.05) is 18.2 Å². The van der Waals surface area contributed by atoms with Crippen molar-refractivity contribution in [2.24, 2.45) is 0 Å².